The van der Waals surface area contributed by atoms with Gasteiger partial charge in [0.15, 0.2) is 17.5 Å². The summed E-state index contributed by atoms with van der Waals surface area (Å²) < 4.78 is 42.0. The number of nitriles is 1. The van der Waals surface area contributed by atoms with Crippen LogP contribution in [0.2, 0.25) is 0 Å². The van der Waals surface area contributed by atoms with Crippen LogP contribution in [0.15, 0.2) is 90.9 Å². The van der Waals surface area contributed by atoms with Gasteiger partial charge in [-0.15, -0.1) is 0 Å². The molecule has 1 spiro atoms. The molecule has 0 radical (unpaired) electrons. The first kappa shape index (κ1) is 20.3. The molecule has 4 heteroatoms. The summed E-state index contributed by atoms with van der Waals surface area (Å²) in [5, 5.41) is 10.1. The van der Waals surface area contributed by atoms with Crippen molar-refractivity contribution in [2.45, 2.75) is 44.4 Å². The van der Waals surface area contributed by atoms with Crippen molar-refractivity contribution >= 4 is 0 Å². The molecule has 4 aromatic carbocycles. The molecular formula is C39H32N4. The Morgan fingerprint density at radius 3 is 2.00 bits per heavy atom. The Balaban J connectivity index is 1.28. The van der Waals surface area contributed by atoms with E-state index >= 15 is 0 Å². The second-order valence-electron chi connectivity index (χ2n) is 12.9. The molecule has 5 aliphatic carbocycles. The molecule has 0 aliphatic heterocycles. The highest BCUT2D eigenvalue weighted by molar-refractivity contribution is 5.86. The number of hydrogen-bond acceptors (Lipinski definition) is 4. The Labute approximate surface area is 259 Å². The van der Waals surface area contributed by atoms with Crippen LogP contribution in [0, 0.1) is 41.9 Å². The van der Waals surface area contributed by atoms with Crippen molar-refractivity contribution in [1.82, 2.24) is 15.0 Å². The molecule has 0 N–H and O–H groups in total. The molecule has 43 heavy (non-hydrogen) atoms. The third-order valence-corrected chi connectivity index (χ3v) is 10.8. The Kier molecular flexibility index (Phi) is 4.34. The molecule has 1 aromatic heterocycles. The summed E-state index contributed by atoms with van der Waals surface area (Å²) in [7, 11) is 0. The molecule has 5 aliphatic rings. The summed E-state index contributed by atoms with van der Waals surface area (Å²) in [6.45, 7) is 2.01. The van der Waals surface area contributed by atoms with E-state index in [4.69, 9.17) is 16.8 Å². The lowest BCUT2D eigenvalue weighted by molar-refractivity contribution is -0.0399. The fourth-order valence-corrected chi connectivity index (χ4v) is 9.31. The van der Waals surface area contributed by atoms with Crippen molar-refractivity contribution in [3.63, 3.8) is 0 Å². The maximum Gasteiger partial charge on any atom is 0.164 e. The monoisotopic (exact) mass is 561 g/mol. The molecule has 10 rings (SSSR count). The summed E-state index contributed by atoms with van der Waals surface area (Å²) >= 11 is 0. The van der Waals surface area contributed by atoms with Crippen molar-refractivity contribution in [1.29, 1.82) is 5.26 Å². The quantitative estimate of drug-likeness (QED) is 0.221. The van der Waals surface area contributed by atoms with E-state index in [1.165, 1.54) is 48.8 Å². The Morgan fingerprint density at radius 1 is 0.698 bits per heavy atom. The Bertz CT molecular complexity index is 2190. The summed E-state index contributed by atoms with van der Waals surface area (Å²) in [4.78, 5) is 14.4. The average molecular weight is 562 g/mol. The van der Waals surface area contributed by atoms with E-state index < -0.39 is 18.1 Å². The van der Waals surface area contributed by atoms with Crippen LogP contribution in [0.1, 0.15) is 61.2 Å². The van der Waals surface area contributed by atoms with Crippen LogP contribution in [-0.2, 0) is 5.41 Å². The second-order valence-corrected chi connectivity index (χ2v) is 12.9. The molecule has 0 atom stereocenters. The average Bonchev–Trinajstić information content (AvgIpc) is 3.37. The van der Waals surface area contributed by atoms with Crippen LogP contribution in [0.25, 0.3) is 45.3 Å². The van der Waals surface area contributed by atoms with Crippen molar-refractivity contribution < 1.29 is 6.85 Å². The second kappa shape index (κ2) is 9.19. The first-order chi connectivity index (χ1) is 23.2. The summed E-state index contributed by atoms with van der Waals surface area (Å²) in [6.07, 6.45) is 6.30. The van der Waals surface area contributed by atoms with E-state index in [-0.39, 0.29) is 28.9 Å². The summed E-state index contributed by atoms with van der Waals surface area (Å²) in [6, 6.07) is 20.7. The number of aromatic nitrogens is 3. The van der Waals surface area contributed by atoms with Crippen molar-refractivity contribution in [2.75, 3.05) is 0 Å². The lowest BCUT2D eigenvalue weighted by atomic mass is 9.43. The highest BCUT2D eigenvalue weighted by atomic mass is 15.0. The van der Waals surface area contributed by atoms with Crippen molar-refractivity contribution in [2.24, 2.45) is 23.7 Å². The maximum absolute atomic E-state index is 10.1. The van der Waals surface area contributed by atoms with Crippen LogP contribution in [0.3, 0.4) is 0 Å². The van der Waals surface area contributed by atoms with Gasteiger partial charge in [-0.2, -0.15) is 5.26 Å². The molecule has 0 unspecified atom stereocenters. The summed E-state index contributed by atoms with van der Waals surface area (Å²) in [5.41, 5.74) is 7.99. The first-order valence-corrected chi connectivity index (χ1v) is 15.3. The first-order valence-electron chi connectivity index (χ1n) is 17.8. The normalized spacial score (nSPS) is 27.5. The maximum atomic E-state index is 10.1. The topological polar surface area (TPSA) is 62.5 Å². The zero-order valence-electron chi connectivity index (χ0n) is 28.9. The van der Waals surface area contributed by atoms with Gasteiger partial charge in [0.05, 0.1) is 18.5 Å². The minimum atomic E-state index is -0.461. The van der Waals surface area contributed by atoms with Crippen LogP contribution in [0.4, 0.5) is 0 Å². The molecule has 4 bridgehead atoms. The van der Waals surface area contributed by atoms with E-state index in [1.807, 2.05) is 37.3 Å². The van der Waals surface area contributed by atoms with Gasteiger partial charge < -0.3 is 0 Å². The minimum absolute atomic E-state index is 0.0313. The number of fused-ring (bicyclic) bond motifs is 3. The zero-order valence-corrected chi connectivity index (χ0v) is 23.9. The lowest BCUT2D eigenvalue weighted by Crippen LogP contribution is -2.55. The zero-order chi connectivity index (χ0) is 33.1. The standard InChI is InChI=1S/C39H32N4/c1-23-14-32-33-20-28(38-42-36(26-8-4-2-5-9-26)41-37(43-38)27-10-6-3-7-11-27)12-13-34(33)39(35(32)21-29(23)22-40)30-16-24-15-25(18-30)19-31(39)17-24/h2-14,20-21,24-25,30-31H,15-19H2,1H3/i2D,4D,5D,8D,9D. The molecule has 0 amide bonds. The van der Waals surface area contributed by atoms with Gasteiger partial charge in [0, 0.05) is 22.1 Å². The molecule has 4 saturated carbocycles. The van der Waals surface area contributed by atoms with E-state index in [0.717, 1.165) is 39.7 Å². The Hall–Kier alpha value is -4.62. The number of aryl methyl sites for hydroxylation is 1. The summed E-state index contributed by atoms with van der Waals surface area (Å²) in [5.74, 6) is 3.45. The van der Waals surface area contributed by atoms with Crippen molar-refractivity contribution in [3.05, 3.63) is 113 Å². The predicted molar refractivity (Wildman–Crippen MR) is 169 cm³/mol. The smallest absolute Gasteiger partial charge is 0.164 e. The van der Waals surface area contributed by atoms with E-state index in [1.54, 1.807) is 0 Å². The third kappa shape index (κ3) is 3.58. The molecule has 1 heterocycles. The largest absolute Gasteiger partial charge is 0.208 e. The van der Waals surface area contributed by atoms with E-state index in [9.17, 15) is 5.26 Å². The number of nitrogens with zero attached hydrogens (tertiary/aromatic N) is 4. The fraction of sp³-hybridized carbons (Fsp3) is 0.282. The minimum Gasteiger partial charge on any atom is -0.208 e. The number of benzene rings is 4. The Morgan fingerprint density at radius 2 is 1.33 bits per heavy atom. The van der Waals surface area contributed by atoms with E-state index in [2.05, 4.69) is 41.4 Å². The van der Waals surface area contributed by atoms with Crippen LogP contribution in [-0.4, -0.2) is 15.0 Å². The van der Waals surface area contributed by atoms with Gasteiger partial charge in [-0.3, -0.25) is 0 Å². The number of hydrogen-bond donors (Lipinski definition) is 0. The van der Waals surface area contributed by atoms with Gasteiger partial charge in [0.1, 0.15) is 0 Å². The molecule has 0 saturated heterocycles. The highest BCUT2D eigenvalue weighted by Gasteiger charge is 2.61. The molecule has 4 nitrogen and oxygen atoms in total. The highest BCUT2D eigenvalue weighted by Crippen LogP contribution is 2.69. The van der Waals surface area contributed by atoms with Gasteiger partial charge in [-0.25, -0.2) is 15.0 Å². The van der Waals surface area contributed by atoms with Gasteiger partial charge >= 0.3 is 0 Å². The van der Waals surface area contributed by atoms with Crippen molar-refractivity contribution in [3.8, 4) is 51.4 Å². The molecular weight excluding hydrogens is 524 g/mol. The molecule has 5 aromatic rings. The van der Waals surface area contributed by atoms with E-state index in [0.29, 0.717) is 23.5 Å². The van der Waals surface area contributed by atoms with Crippen LogP contribution < -0.4 is 0 Å². The fourth-order valence-electron chi connectivity index (χ4n) is 9.31. The van der Waals surface area contributed by atoms with Crippen LogP contribution >= 0.6 is 0 Å². The molecule has 4 fully saturated rings. The van der Waals surface area contributed by atoms with Gasteiger partial charge in [-0.1, -0.05) is 72.7 Å². The predicted octanol–water partition coefficient (Wildman–Crippen LogP) is 8.78. The molecule has 208 valence electrons. The SMILES string of the molecule is [2H]c1c([2H])c([2H])c(-c2nc(-c3ccccc3)nc(-c3ccc4c(c3)-c3cc(C)c(C#N)cc3C43C4CC5CC(C4)CC3C5)n2)c([2H])c1[2H]. The van der Waals surface area contributed by atoms with Crippen LogP contribution in [0.5, 0.6) is 0 Å². The van der Waals surface area contributed by atoms with Gasteiger partial charge in [-0.05, 0) is 109 Å². The number of rotatable bonds is 3. The lowest BCUT2D eigenvalue weighted by Gasteiger charge is -2.61. The van der Waals surface area contributed by atoms with Gasteiger partial charge in [0.2, 0.25) is 0 Å². The third-order valence-electron chi connectivity index (χ3n) is 10.8. The van der Waals surface area contributed by atoms with Gasteiger partial charge in [0.25, 0.3) is 0 Å².